The molecular weight excluding hydrogens is 301 g/mol. The summed E-state index contributed by atoms with van der Waals surface area (Å²) in [4.78, 5) is 6.55. The van der Waals surface area contributed by atoms with Gasteiger partial charge in [-0.1, -0.05) is 23.2 Å². The number of nitrogens with zero attached hydrogens (tertiary/aromatic N) is 2. The van der Waals surface area contributed by atoms with Gasteiger partial charge < -0.3 is 19.7 Å². The molecule has 20 heavy (non-hydrogen) atoms. The van der Waals surface area contributed by atoms with Gasteiger partial charge in [-0.15, -0.1) is 0 Å². The first-order chi connectivity index (χ1) is 9.63. The lowest BCUT2D eigenvalue weighted by atomic mass is 10.3. The van der Waals surface area contributed by atoms with E-state index in [1.807, 2.05) is 0 Å². The maximum Gasteiger partial charge on any atom is 0.150 e. The number of methoxy groups -OCH3 is 2. The summed E-state index contributed by atoms with van der Waals surface area (Å²) < 4.78 is 10.2. The van der Waals surface area contributed by atoms with Crippen LogP contribution >= 0.6 is 23.2 Å². The quantitative estimate of drug-likeness (QED) is 0.708. The second-order valence-electron chi connectivity index (χ2n) is 4.20. The van der Waals surface area contributed by atoms with Crippen molar-refractivity contribution in [3.63, 3.8) is 0 Å². The van der Waals surface area contributed by atoms with Gasteiger partial charge in [-0.25, -0.2) is 4.98 Å². The minimum atomic E-state index is 0.504. The highest BCUT2D eigenvalue weighted by Gasteiger charge is 2.15. The molecule has 1 aromatic heterocycles. The molecule has 0 amide bonds. The fourth-order valence-electron chi connectivity index (χ4n) is 1.78. The molecule has 0 spiro atoms. The minimum absolute atomic E-state index is 0.504. The van der Waals surface area contributed by atoms with Crippen LogP contribution in [0.1, 0.15) is 6.42 Å². The van der Waals surface area contributed by atoms with Gasteiger partial charge in [0, 0.05) is 41.0 Å². The minimum Gasteiger partial charge on any atom is -0.385 e. The SMILES string of the molecule is CNc1nc(N(CCCOC)CCOC)c(Cl)cc1Cl. The van der Waals surface area contributed by atoms with E-state index in [1.54, 1.807) is 27.3 Å². The zero-order valence-electron chi connectivity index (χ0n) is 12.1. The zero-order chi connectivity index (χ0) is 15.0. The fraction of sp³-hybridized carbons (Fsp3) is 0.615. The Balaban J connectivity index is 2.92. The van der Waals surface area contributed by atoms with Crippen LogP contribution in [0.25, 0.3) is 0 Å². The standard InChI is InChI=1S/C13H21Cl2N3O2/c1-16-12-10(14)9-11(15)13(17-12)18(6-8-20-3)5-4-7-19-2/h9H,4-8H2,1-3H3,(H,16,17). The van der Waals surface area contributed by atoms with E-state index in [4.69, 9.17) is 32.7 Å². The molecule has 1 aromatic rings. The molecule has 114 valence electrons. The Morgan fingerprint density at radius 2 is 1.85 bits per heavy atom. The van der Waals surface area contributed by atoms with Gasteiger partial charge in [0.2, 0.25) is 0 Å². The Hall–Kier alpha value is -0.750. The smallest absolute Gasteiger partial charge is 0.150 e. The number of pyridine rings is 1. The molecule has 0 saturated heterocycles. The van der Waals surface area contributed by atoms with Gasteiger partial charge in [0.25, 0.3) is 0 Å². The van der Waals surface area contributed by atoms with Crippen LogP contribution in [-0.4, -0.2) is 52.6 Å². The summed E-state index contributed by atoms with van der Waals surface area (Å²) in [6.07, 6.45) is 0.885. The van der Waals surface area contributed by atoms with Crippen LogP contribution in [0.3, 0.4) is 0 Å². The summed E-state index contributed by atoms with van der Waals surface area (Å²) in [7, 11) is 5.13. The van der Waals surface area contributed by atoms with Gasteiger partial charge in [0.05, 0.1) is 16.7 Å². The number of nitrogens with one attached hydrogen (secondary N) is 1. The first-order valence-electron chi connectivity index (χ1n) is 6.40. The maximum atomic E-state index is 6.26. The molecule has 0 aromatic carbocycles. The average Bonchev–Trinajstić information content (AvgIpc) is 2.43. The summed E-state index contributed by atoms with van der Waals surface area (Å²) in [5.74, 6) is 1.31. The van der Waals surface area contributed by atoms with Crippen molar-refractivity contribution in [1.82, 2.24) is 4.98 Å². The van der Waals surface area contributed by atoms with Crippen molar-refractivity contribution in [2.75, 3.05) is 57.8 Å². The number of halogens is 2. The van der Waals surface area contributed by atoms with E-state index < -0.39 is 0 Å². The Labute approximate surface area is 130 Å². The Kier molecular flexibility index (Phi) is 7.99. The molecule has 0 aliphatic heterocycles. The van der Waals surface area contributed by atoms with Crippen molar-refractivity contribution in [2.24, 2.45) is 0 Å². The van der Waals surface area contributed by atoms with E-state index in [0.717, 1.165) is 13.0 Å². The first kappa shape index (κ1) is 17.3. The van der Waals surface area contributed by atoms with E-state index in [9.17, 15) is 0 Å². The van der Waals surface area contributed by atoms with E-state index in [0.29, 0.717) is 41.4 Å². The van der Waals surface area contributed by atoms with Crippen LogP contribution in [0.15, 0.2) is 6.07 Å². The zero-order valence-corrected chi connectivity index (χ0v) is 13.6. The van der Waals surface area contributed by atoms with Crippen molar-refractivity contribution in [2.45, 2.75) is 6.42 Å². The van der Waals surface area contributed by atoms with Gasteiger partial charge in [-0.05, 0) is 12.5 Å². The number of hydrogen-bond donors (Lipinski definition) is 1. The number of ether oxygens (including phenoxy) is 2. The monoisotopic (exact) mass is 321 g/mol. The van der Waals surface area contributed by atoms with E-state index >= 15 is 0 Å². The lowest BCUT2D eigenvalue weighted by molar-refractivity contribution is 0.191. The molecule has 0 saturated carbocycles. The predicted molar refractivity (Wildman–Crippen MR) is 84.4 cm³/mol. The molecule has 1 rings (SSSR count). The Bertz CT molecular complexity index is 419. The number of anilines is 2. The molecule has 0 aliphatic carbocycles. The van der Waals surface area contributed by atoms with E-state index in [-0.39, 0.29) is 0 Å². The van der Waals surface area contributed by atoms with Gasteiger partial charge in [0.1, 0.15) is 11.6 Å². The number of hydrogen-bond acceptors (Lipinski definition) is 5. The van der Waals surface area contributed by atoms with Gasteiger partial charge >= 0.3 is 0 Å². The van der Waals surface area contributed by atoms with Crippen LogP contribution in [0, 0.1) is 0 Å². The molecule has 1 heterocycles. The van der Waals surface area contributed by atoms with Crippen molar-refractivity contribution >= 4 is 34.8 Å². The van der Waals surface area contributed by atoms with Crippen molar-refractivity contribution in [3.8, 4) is 0 Å². The number of rotatable bonds is 9. The molecule has 0 aliphatic rings. The molecule has 0 bridgehead atoms. The van der Waals surface area contributed by atoms with Crippen LogP contribution in [0.2, 0.25) is 10.0 Å². The third kappa shape index (κ3) is 4.98. The molecule has 0 radical (unpaired) electrons. The summed E-state index contributed by atoms with van der Waals surface area (Å²) in [5.41, 5.74) is 0. The maximum absolute atomic E-state index is 6.26. The van der Waals surface area contributed by atoms with Gasteiger partial charge in [0.15, 0.2) is 0 Å². The molecule has 0 fully saturated rings. The highest BCUT2D eigenvalue weighted by Crippen LogP contribution is 2.31. The van der Waals surface area contributed by atoms with Crippen LogP contribution in [0.5, 0.6) is 0 Å². The van der Waals surface area contributed by atoms with Crippen LogP contribution in [0.4, 0.5) is 11.6 Å². The van der Waals surface area contributed by atoms with E-state index in [1.165, 1.54) is 0 Å². The molecule has 1 N–H and O–H groups in total. The lowest BCUT2D eigenvalue weighted by Crippen LogP contribution is -2.30. The van der Waals surface area contributed by atoms with Crippen LogP contribution < -0.4 is 10.2 Å². The molecule has 5 nitrogen and oxygen atoms in total. The Morgan fingerprint density at radius 1 is 1.15 bits per heavy atom. The largest absolute Gasteiger partial charge is 0.385 e. The van der Waals surface area contributed by atoms with Gasteiger partial charge in [-0.3, -0.25) is 0 Å². The third-order valence-electron chi connectivity index (χ3n) is 2.79. The summed E-state index contributed by atoms with van der Waals surface area (Å²) >= 11 is 12.3. The van der Waals surface area contributed by atoms with Crippen molar-refractivity contribution < 1.29 is 9.47 Å². The molecule has 0 unspecified atom stereocenters. The summed E-state index contributed by atoms with van der Waals surface area (Å²) in [6, 6.07) is 1.70. The highest BCUT2D eigenvalue weighted by atomic mass is 35.5. The van der Waals surface area contributed by atoms with E-state index in [2.05, 4.69) is 15.2 Å². The van der Waals surface area contributed by atoms with Gasteiger partial charge in [-0.2, -0.15) is 0 Å². The van der Waals surface area contributed by atoms with Crippen molar-refractivity contribution in [3.05, 3.63) is 16.1 Å². The number of aromatic nitrogens is 1. The lowest BCUT2D eigenvalue weighted by Gasteiger charge is -2.25. The van der Waals surface area contributed by atoms with Crippen molar-refractivity contribution in [1.29, 1.82) is 0 Å². The summed E-state index contributed by atoms with van der Waals surface area (Å²) in [6.45, 7) is 2.78. The topological polar surface area (TPSA) is 46.6 Å². The normalized spacial score (nSPS) is 10.7. The molecule has 0 atom stereocenters. The predicted octanol–water partition coefficient (Wildman–Crippen LogP) is 2.92. The summed E-state index contributed by atoms with van der Waals surface area (Å²) in [5, 5.41) is 3.99. The molecular formula is C13H21Cl2N3O2. The van der Waals surface area contributed by atoms with Crippen LogP contribution in [-0.2, 0) is 9.47 Å². The second kappa shape index (κ2) is 9.23. The highest BCUT2D eigenvalue weighted by molar-refractivity contribution is 6.37. The molecule has 7 heteroatoms. The fourth-order valence-corrected chi connectivity index (χ4v) is 2.35. The first-order valence-corrected chi connectivity index (χ1v) is 7.16. The second-order valence-corrected chi connectivity index (χ2v) is 5.01. The average molecular weight is 322 g/mol. The third-order valence-corrected chi connectivity index (χ3v) is 3.36. The Morgan fingerprint density at radius 3 is 2.45 bits per heavy atom.